The quantitative estimate of drug-likeness (QED) is 0.870. The lowest BCUT2D eigenvalue weighted by Crippen LogP contribution is -2.34. The molecule has 2 N–H and O–H groups in total. The van der Waals surface area contributed by atoms with Gasteiger partial charge in [0.2, 0.25) is 10.0 Å². The topological polar surface area (TPSA) is 96.6 Å². The van der Waals surface area contributed by atoms with Gasteiger partial charge < -0.3 is 9.52 Å². The van der Waals surface area contributed by atoms with Gasteiger partial charge in [-0.15, -0.1) is 0 Å². The molecule has 1 rings (SSSR count). The molecule has 1 aromatic rings. The highest BCUT2D eigenvalue weighted by atomic mass is 32.2. The summed E-state index contributed by atoms with van der Waals surface area (Å²) in [5, 5.41) is 9.18. The summed E-state index contributed by atoms with van der Waals surface area (Å²) < 4.78 is 32.4. The first-order chi connectivity index (χ1) is 9.38. The van der Waals surface area contributed by atoms with Crippen LogP contribution in [0.4, 0.5) is 0 Å². The Kier molecular flexibility index (Phi) is 4.90. The summed E-state index contributed by atoms with van der Waals surface area (Å²) in [6.07, 6.45) is 0. The predicted molar refractivity (Wildman–Crippen MR) is 78.9 cm³/mol. The molecule has 21 heavy (non-hydrogen) atoms. The molecule has 120 valence electrons. The number of rotatable bonds is 5. The van der Waals surface area contributed by atoms with E-state index in [0.29, 0.717) is 0 Å². The lowest BCUT2D eigenvalue weighted by Gasteiger charge is -2.27. The third kappa shape index (κ3) is 3.85. The van der Waals surface area contributed by atoms with E-state index in [9.17, 15) is 18.3 Å². The summed E-state index contributed by atoms with van der Waals surface area (Å²) >= 11 is 0. The number of carboxylic acids is 1. The van der Waals surface area contributed by atoms with Crippen LogP contribution in [0.3, 0.4) is 0 Å². The predicted octanol–water partition coefficient (Wildman–Crippen LogP) is 2.56. The molecule has 0 spiro atoms. The number of nitrogens with one attached hydrogen (secondary N) is 1. The minimum atomic E-state index is -3.93. The number of aromatic carboxylic acids is 1. The van der Waals surface area contributed by atoms with Crippen molar-refractivity contribution < 1.29 is 22.7 Å². The van der Waals surface area contributed by atoms with Gasteiger partial charge in [0.25, 0.3) is 0 Å². The van der Waals surface area contributed by atoms with Crippen molar-refractivity contribution in [3.63, 3.8) is 0 Å². The van der Waals surface area contributed by atoms with E-state index in [-0.39, 0.29) is 39.9 Å². The van der Waals surface area contributed by atoms with Crippen molar-refractivity contribution >= 4 is 16.0 Å². The highest BCUT2D eigenvalue weighted by Crippen LogP contribution is 2.28. The van der Waals surface area contributed by atoms with Crippen LogP contribution in [0.5, 0.6) is 0 Å². The summed E-state index contributed by atoms with van der Waals surface area (Å²) in [7, 11) is -3.93. The lowest BCUT2D eigenvalue weighted by atomic mass is 9.82. The molecule has 0 aliphatic rings. The van der Waals surface area contributed by atoms with Gasteiger partial charge in [-0.05, 0) is 25.2 Å². The molecule has 6 nitrogen and oxygen atoms in total. The van der Waals surface area contributed by atoms with E-state index in [1.807, 2.05) is 27.7 Å². The second-order valence-electron chi connectivity index (χ2n) is 6.34. The Morgan fingerprint density at radius 1 is 1.29 bits per heavy atom. The van der Waals surface area contributed by atoms with Crippen molar-refractivity contribution in [3.05, 3.63) is 17.1 Å². The van der Waals surface area contributed by atoms with Crippen molar-refractivity contribution in [2.24, 2.45) is 11.3 Å². The van der Waals surface area contributed by atoms with Crippen molar-refractivity contribution in [1.82, 2.24) is 4.72 Å². The zero-order valence-electron chi connectivity index (χ0n) is 13.3. The third-order valence-electron chi connectivity index (χ3n) is 3.75. The molecule has 0 aliphatic heterocycles. The number of hydrogen-bond acceptors (Lipinski definition) is 4. The smallest absolute Gasteiger partial charge is 0.340 e. The van der Waals surface area contributed by atoms with Crippen LogP contribution in [0.25, 0.3) is 0 Å². The van der Waals surface area contributed by atoms with E-state index in [0.717, 1.165) is 0 Å². The maximum Gasteiger partial charge on any atom is 0.340 e. The number of furan rings is 1. The minimum absolute atomic E-state index is 0.0560. The van der Waals surface area contributed by atoms with E-state index >= 15 is 0 Å². The summed E-state index contributed by atoms with van der Waals surface area (Å²) in [6, 6.07) is 0. The molecule has 1 aromatic heterocycles. The zero-order chi connectivity index (χ0) is 16.6. The average Bonchev–Trinajstić information content (AvgIpc) is 2.60. The van der Waals surface area contributed by atoms with E-state index in [2.05, 4.69) is 4.72 Å². The van der Waals surface area contributed by atoms with Crippen LogP contribution < -0.4 is 4.72 Å². The van der Waals surface area contributed by atoms with Crippen LogP contribution in [0, 0.1) is 25.2 Å². The minimum Gasteiger partial charge on any atom is -0.478 e. The van der Waals surface area contributed by atoms with Crippen molar-refractivity contribution in [3.8, 4) is 0 Å². The van der Waals surface area contributed by atoms with Crippen LogP contribution in [0.15, 0.2) is 9.31 Å². The molecule has 0 radical (unpaired) electrons. The molecule has 0 bridgehead atoms. The molecule has 0 aromatic carbocycles. The Balaban J connectivity index is 3.13. The van der Waals surface area contributed by atoms with Gasteiger partial charge in [-0.2, -0.15) is 0 Å². The van der Waals surface area contributed by atoms with Crippen molar-refractivity contribution in [2.75, 3.05) is 6.54 Å². The van der Waals surface area contributed by atoms with Crippen LogP contribution in [0.1, 0.15) is 49.6 Å². The molecule has 1 atom stereocenters. The normalized spacial score (nSPS) is 14.2. The van der Waals surface area contributed by atoms with Gasteiger partial charge in [0.1, 0.15) is 22.0 Å². The summed E-state index contributed by atoms with van der Waals surface area (Å²) in [6.45, 7) is 11.1. The standard InChI is InChI=1S/C14H23NO5S/c1-8(14(4,5)6)7-15-21(18,19)12-10(3)20-9(2)11(12)13(16)17/h8,15H,7H2,1-6H3,(H,16,17). The van der Waals surface area contributed by atoms with E-state index in [1.165, 1.54) is 13.8 Å². The van der Waals surface area contributed by atoms with Crippen LogP contribution in [-0.2, 0) is 10.0 Å². The highest BCUT2D eigenvalue weighted by Gasteiger charge is 2.31. The first kappa shape index (κ1) is 17.7. The SMILES string of the molecule is Cc1oc(C)c(S(=O)(=O)NCC(C)C(C)(C)C)c1C(=O)O. The molecule has 0 amide bonds. The Morgan fingerprint density at radius 2 is 1.81 bits per heavy atom. The Morgan fingerprint density at radius 3 is 2.24 bits per heavy atom. The second-order valence-corrected chi connectivity index (χ2v) is 8.05. The van der Waals surface area contributed by atoms with Gasteiger partial charge in [-0.1, -0.05) is 27.7 Å². The van der Waals surface area contributed by atoms with Crippen LogP contribution >= 0.6 is 0 Å². The third-order valence-corrected chi connectivity index (χ3v) is 5.32. The lowest BCUT2D eigenvalue weighted by molar-refractivity contribution is 0.0691. The largest absolute Gasteiger partial charge is 0.478 e. The molecule has 0 fully saturated rings. The number of carbonyl (C=O) groups is 1. The fraction of sp³-hybridized carbons (Fsp3) is 0.643. The van der Waals surface area contributed by atoms with Gasteiger partial charge in [0, 0.05) is 6.54 Å². The Bertz CT molecular complexity index is 637. The number of carboxylic acid groups (broad SMARTS) is 1. The number of aryl methyl sites for hydroxylation is 2. The molecule has 1 heterocycles. The van der Waals surface area contributed by atoms with E-state index in [1.54, 1.807) is 0 Å². The van der Waals surface area contributed by atoms with Crippen LogP contribution in [0.2, 0.25) is 0 Å². The van der Waals surface area contributed by atoms with E-state index in [4.69, 9.17) is 4.42 Å². The number of hydrogen-bond donors (Lipinski definition) is 2. The maximum absolute atomic E-state index is 12.4. The first-order valence-electron chi connectivity index (χ1n) is 6.71. The van der Waals surface area contributed by atoms with Gasteiger partial charge in [-0.3, -0.25) is 0 Å². The van der Waals surface area contributed by atoms with E-state index < -0.39 is 16.0 Å². The molecule has 1 unspecified atom stereocenters. The molecule has 0 saturated carbocycles. The molecule has 7 heteroatoms. The van der Waals surface area contributed by atoms with Gasteiger partial charge in [0.15, 0.2) is 0 Å². The Labute approximate surface area is 125 Å². The Hall–Kier alpha value is -1.34. The van der Waals surface area contributed by atoms with Gasteiger partial charge in [-0.25, -0.2) is 17.9 Å². The first-order valence-corrected chi connectivity index (χ1v) is 8.19. The monoisotopic (exact) mass is 317 g/mol. The summed E-state index contributed by atoms with van der Waals surface area (Å²) in [5.41, 5.74) is -0.358. The van der Waals surface area contributed by atoms with Crippen molar-refractivity contribution in [2.45, 2.75) is 46.4 Å². The fourth-order valence-corrected chi connectivity index (χ4v) is 3.38. The maximum atomic E-state index is 12.4. The average molecular weight is 317 g/mol. The van der Waals surface area contributed by atoms with Gasteiger partial charge >= 0.3 is 5.97 Å². The summed E-state index contributed by atoms with van der Waals surface area (Å²) in [4.78, 5) is 11.0. The molecule has 0 aliphatic carbocycles. The van der Waals surface area contributed by atoms with Crippen molar-refractivity contribution in [1.29, 1.82) is 0 Å². The van der Waals surface area contributed by atoms with Crippen LogP contribution in [-0.4, -0.2) is 26.0 Å². The summed E-state index contributed by atoms with van der Waals surface area (Å²) in [5.74, 6) is -1.05. The number of sulfonamides is 1. The second kappa shape index (κ2) is 5.81. The zero-order valence-corrected chi connectivity index (χ0v) is 14.1. The molecular formula is C14H23NO5S. The fourth-order valence-electron chi connectivity index (χ4n) is 1.85. The highest BCUT2D eigenvalue weighted by molar-refractivity contribution is 7.89. The molecule has 0 saturated heterocycles. The molecular weight excluding hydrogens is 294 g/mol. The van der Waals surface area contributed by atoms with Gasteiger partial charge in [0.05, 0.1) is 0 Å².